The van der Waals surface area contributed by atoms with Gasteiger partial charge in [0.1, 0.15) is 0 Å². The van der Waals surface area contributed by atoms with Gasteiger partial charge in [-0.05, 0) is 30.3 Å². The molecule has 3 rings (SSSR count). The first-order chi connectivity index (χ1) is 11.6. The smallest absolute Gasteiger partial charge is 0.277 e. The zero-order chi connectivity index (χ0) is 16.9. The van der Waals surface area contributed by atoms with Gasteiger partial charge in [0.25, 0.3) is 11.6 Å². The monoisotopic (exact) mass is 323 g/mol. The van der Waals surface area contributed by atoms with E-state index >= 15 is 0 Å². The Morgan fingerprint density at radius 2 is 1.71 bits per heavy atom. The van der Waals surface area contributed by atoms with Crippen LogP contribution in [0.1, 0.15) is 10.4 Å². The molecule has 1 N–H and O–H groups in total. The number of furan rings is 1. The molecule has 1 aromatic heterocycles. The van der Waals surface area contributed by atoms with Crippen LogP contribution in [-0.4, -0.2) is 10.8 Å². The summed E-state index contributed by atoms with van der Waals surface area (Å²) >= 11 is 0. The molecule has 24 heavy (non-hydrogen) atoms. The summed E-state index contributed by atoms with van der Waals surface area (Å²) in [6.45, 7) is 0. The fraction of sp³-hybridized carbons (Fsp3) is 0. The number of hydrogen-bond acceptors (Lipinski definition) is 5. The van der Waals surface area contributed by atoms with E-state index in [0.29, 0.717) is 17.1 Å². The minimum Gasteiger partial charge on any atom is -0.447 e. The standard InChI is InChI=1S/C17H13N3O4/c21-17(13-5-2-1-3-6-13)19(18-16-7-4-12-24-16)14-8-10-15(11-9-14)20(22)23/h1-12,18H. The number of nitro groups is 1. The lowest BCUT2D eigenvalue weighted by Gasteiger charge is -2.23. The van der Waals surface area contributed by atoms with Crippen molar-refractivity contribution >= 4 is 23.2 Å². The van der Waals surface area contributed by atoms with Crippen LogP contribution in [0.3, 0.4) is 0 Å². The first kappa shape index (κ1) is 15.3. The number of hydrazine groups is 1. The lowest BCUT2D eigenvalue weighted by molar-refractivity contribution is -0.384. The third-order valence-corrected chi connectivity index (χ3v) is 3.29. The summed E-state index contributed by atoms with van der Waals surface area (Å²) in [5.41, 5.74) is 3.73. The van der Waals surface area contributed by atoms with E-state index in [-0.39, 0.29) is 11.6 Å². The average Bonchev–Trinajstić information content (AvgIpc) is 3.13. The molecule has 120 valence electrons. The Bertz CT molecular complexity index is 830. The highest BCUT2D eigenvalue weighted by Crippen LogP contribution is 2.22. The molecule has 0 atom stereocenters. The zero-order valence-corrected chi connectivity index (χ0v) is 12.5. The molecule has 0 spiro atoms. The molecule has 0 radical (unpaired) electrons. The highest BCUT2D eigenvalue weighted by molar-refractivity contribution is 6.07. The molecule has 0 aliphatic carbocycles. The van der Waals surface area contributed by atoms with Crippen LogP contribution >= 0.6 is 0 Å². The number of carbonyl (C=O) groups excluding carboxylic acids is 1. The largest absolute Gasteiger partial charge is 0.447 e. The summed E-state index contributed by atoms with van der Waals surface area (Å²) in [4.78, 5) is 23.1. The van der Waals surface area contributed by atoms with Gasteiger partial charge in [-0.15, -0.1) is 0 Å². The van der Waals surface area contributed by atoms with E-state index in [1.54, 1.807) is 36.4 Å². The fourth-order valence-electron chi connectivity index (χ4n) is 2.12. The van der Waals surface area contributed by atoms with Gasteiger partial charge in [-0.1, -0.05) is 18.2 Å². The fourth-order valence-corrected chi connectivity index (χ4v) is 2.12. The van der Waals surface area contributed by atoms with E-state index in [2.05, 4.69) is 5.43 Å². The summed E-state index contributed by atoms with van der Waals surface area (Å²) in [5, 5.41) is 12.1. The Balaban J connectivity index is 1.95. The van der Waals surface area contributed by atoms with E-state index in [1.165, 1.54) is 35.5 Å². The van der Waals surface area contributed by atoms with Crippen LogP contribution < -0.4 is 10.4 Å². The maximum atomic E-state index is 12.8. The molecule has 0 fully saturated rings. The number of non-ortho nitro benzene ring substituents is 1. The zero-order valence-electron chi connectivity index (χ0n) is 12.5. The second-order valence-electron chi connectivity index (χ2n) is 4.87. The maximum Gasteiger partial charge on any atom is 0.277 e. The molecule has 0 bridgehead atoms. The van der Waals surface area contributed by atoms with Crippen molar-refractivity contribution in [2.75, 3.05) is 10.4 Å². The van der Waals surface area contributed by atoms with Gasteiger partial charge in [0, 0.05) is 23.8 Å². The SMILES string of the molecule is O=C(c1ccccc1)N(Nc1ccco1)c1ccc([N+](=O)[O-])cc1. The van der Waals surface area contributed by atoms with Gasteiger partial charge in [-0.3, -0.25) is 20.3 Å². The van der Waals surface area contributed by atoms with Crippen LogP contribution in [0.2, 0.25) is 0 Å². The van der Waals surface area contributed by atoms with Crippen LogP contribution in [0.5, 0.6) is 0 Å². The first-order valence-electron chi connectivity index (χ1n) is 7.09. The molecule has 2 aromatic carbocycles. The summed E-state index contributed by atoms with van der Waals surface area (Å²) < 4.78 is 5.22. The minimum absolute atomic E-state index is 0.0520. The van der Waals surface area contributed by atoms with Crippen LogP contribution in [0.25, 0.3) is 0 Å². The second kappa shape index (κ2) is 6.66. The Morgan fingerprint density at radius 1 is 1.00 bits per heavy atom. The number of amides is 1. The van der Waals surface area contributed by atoms with Gasteiger partial charge in [0.2, 0.25) is 5.88 Å². The third-order valence-electron chi connectivity index (χ3n) is 3.29. The number of anilines is 2. The normalized spacial score (nSPS) is 10.2. The molecule has 0 aliphatic rings. The van der Waals surface area contributed by atoms with E-state index in [0.717, 1.165) is 0 Å². The van der Waals surface area contributed by atoms with Crippen molar-refractivity contribution in [3.05, 3.63) is 88.7 Å². The number of benzene rings is 2. The van der Waals surface area contributed by atoms with Gasteiger partial charge in [0.05, 0.1) is 16.9 Å². The van der Waals surface area contributed by atoms with E-state index in [9.17, 15) is 14.9 Å². The number of nitrogens with one attached hydrogen (secondary N) is 1. The quantitative estimate of drug-likeness (QED) is 0.569. The van der Waals surface area contributed by atoms with E-state index in [1.807, 2.05) is 6.07 Å². The molecule has 0 saturated heterocycles. The first-order valence-corrected chi connectivity index (χ1v) is 7.09. The number of rotatable bonds is 5. The third kappa shape index (κ3) is 3.25. The van der Waals surface area contributed by atoms with Crippen molar-refractivity contribution in [2.24, 2.45) is 0 Å². The Hall–Kier alpha value is -3.61. The van der Waals surface area contributed by atoms with Gasteiger partial charge in [0.15, 0.2) is 0 Å². The lowest BCUT2D eigenvalue weighted by atomic mass is 10.2. The van der Waals surface area contributed by atoms with Crippen molar-refractivity contribution in [2.45, 2.75) is 0 Å². The van der Waals surface area contributed by atoms with Crippen LogP contribution in [0.15, 0.2) is 77.4 Å². The van der Waals surface area contributed by atoms with Crippen LogP contribution in [0, 0.1) is 10.1 Å². The Kier molecular flexibility index (Phi) is 4.24. The molecule has 1 heterocycles. The topological polar surface area (TPSA) is 88.6 Å². The Labute approximate surface area is 137 Å². The molecule has 0 aliphatic heterocycles. The van der Waals surface area contributed by atoms with Crippen molar-refractivity contribution in [3.8, 4) is 0 Å². The second-order valence-corrected chi connectivity index (χ2v) is 4.87. The van der Waals surface area contributed by atoms with Gasteiger partial charge >= 0.3 is 0 Å². The summed E-state index contributed by atoms with van der Waals surface area (Å²) in [6.07, 6.45) is 1.48. The summed E-state index contributed by atoms with van der Waals surface area (Å²) in [7, 11) is 0. The predicted octanol–water partition coefficient (Wildman–Crippen LogP) is 3.86. The van der Waals surface area contributed by atoms with Crippen LogP contribution in [-0.2, 0) is 0 Å². The van der Waals surface area contributed by atoms with Crippen molar-refractivity contribution in [3.63, 3.8) is 0 Å². The van der Waals surface area contributed by atoms with E-state index < -0.39 is 4.92 Å². The van der Waals surface area contributed by atoms with Crippen molar-refractivity contribution in [1.82, 2.24) is 0 Å². The number of hydrogen-bond donors (Lipinski definition) is 1. The van der Waals surface area contributed by atoms with Gasteiger partial charge in [-0.2, -0.15) is 0 Å². The lowest BCUT2D eigenvalue weighted by Crippen LogP contribution is -2.36. The van der Waals surface area contributed by atoms with Crippen molar-refractivity contribution in [1.29, 1.82) is 0 Å². The van der Waals surface area contributed by atoms with Crippen LogP contribution in [0.4, 0.5) is 17.3 Å². The van der Waals surface area contributed by atoms with Crippen molar-refractivity contribution < 1.29 is 14.1 Å². The molecule has 1 amide bonds. The summed E-state index contributed by atoms with van der Waals surface area (Å²) in [6, 6.07) is 17.7. The molecule has 7 nitrogen and oxygen atoms in total. The average molecular weight is 323 g/mol. The highest BCUT2D eigenvalue weighted by Gasteiger charge is 2.19. The van der Waals surface area contributed by atoms with Gasteiger partial charge in [-0.25, -0.2) is 5.01 Å². The molecular formula is C17H13N3O4. The molecule has 7 heteroatoms. The number of nitrogens with zero attached hydrogens (tertiary/aromatic N) is 2. The minimum atomic E-state index is -0.493. The predicted molar refractivity (Wildman–Crippen MR) is 88.7 cm³/mol. The summed E-state index contributed by atoms with van der Waals surface area (Å²) in [5.74, 6) is 0.0542. The molecular weight excluding hydrogens is 310 g/mol. The Morgan fingerprint density at radius 3 is 2.29 bits per heavy atom. The molecule has 3 aromatic rings. The number of nitro benzene ring substituents is 1. The number of carbonyl (C=O) groups is 1. The molecule has 0 unspecified atom stereocenters. The van der Waals surface area contributed by atoms with Gasteiger partial charge < -0.3 is 4.42 Å². The van der Waals surface area contributed by atoms with E-state index in [4.69, 9.17) is 4.42 Å². The molecule has 0 saturated carbocycles. The maximum absolute atomic E-state index is 12.8. The highest BCUT2D eigenvalue weighted by atomic mass is 16.6.